The van der Waals surface area contributed by atoms with Gasteiger partial charge in [-0.1, -0.05) is 11.6 Å². The van der Waals surface area contributed by atoms with Crippen molar-refractivity contribution in [3.05, 3.63) is 44.9 Å². The van der Waals surface area contributed by atoms with E-state index < -0.39 is 0 Å². The summed E-state index contributed by atoms with van der Waals surface area (Å²) in [6.07, 6.45) is 1.69. The van der Waals surface area contributed by atoms with E-state index in [0.29, 0.717) is 5.15 Å². The van der Waals surface area contributed by atoms with Gasteiger partial charge in [-0.15, -0.1) is 0 Å². The van der Waals surface area contributed by atoms with Crippen LogP contribution in [0.15, 0.2) is 22.8 Å². The number of nitrogens with zero attached hydrogens (tertiary/aromatic N) is 2. The third-order valence-corrected chi connectivity index (χ3v) is 3.89. The van der Waals surface area contributed by atoms with Crippen LogP contribution in [0.4, 0.5) is 5.69 Å². The lowest BCUT2D eigenvalue weighted by molar-refractivity contribution is 0.837. The molecule has 0 atom stereocenters. The Balaban J connectivity index is 2.16. The number of pyridine rings is 1. The van der Waals surface area contributed by atoms with E-state index in [9.17, 15) is 0 Å². The van der Waals surface area contributed by atoms with E-state index in [-0.39, 0.29) is 0 Å². The zero-order valence-electron chi connectivity index (χ0n) is 10.6. The number of rotatable bonds is 3. The third-order valence-electron chi connectivity index (χ3n) is 3.16. The van der Waals surface area contributed by atoms with Crippen molar-refractivity contribution in [1.29, 1.82) is 0 Å². The Morgan fingerprint density at radius 2 is 2.11 bits per heavy atom. The number of aromatic nitrogens is 2. The fourth-order valence-electron chi connectivity index (χ4n) is 1.85. The SMILES string of the molecule is Cc1cc(CNc2cc(Br)cnc2Cl)c(C)n1C. The Morgan fingerprint density at radius 1 is 1.39 bits per heavy atom. The van der Waals surface area contributed by atoms with E-state index in [1.807, 2.05) is 6.07 Å². The summed E-state index contributed by atoms with van der Waals surface area (Å²) < 4.78 is 3.09. The van der Waals surface area contributed by atoms with E-state index in [2.05, 4.69) is 57.8 Å². The smallest absolute Gasteiger partial charge is 0.152 e. The minimum Gasteiger partial charge on any atom is -0.378 e. The summed E-state index contributed by atoms with van der Waals surface area (Å²) in [5, 5.41) is 3.80. The molecule has 0 aliphatic carbocycles. The molecule has 0 radical (unpaired) electrons. The standard InChI is InChI=1S/C13H15BrClN3/c1-8-4-10(9(2)18(8)3)6-16-12-5-11(14)7-17-13(12)15/h4-5,7,16H,6H2,1-3H3. The summed E-state index contributed by atoms with van der Waals surface area (Å²) in [6.45, 7) is 4.96. The van der Waals surface area contributed by atoms with Crippen LogP contribution in [0.2, 0.25) is 5.15 Å². The molecule has 1 N–H and O–H groups in total. The summed E-state index contributed by atoms with van der Waals surface area (Å²) >= 11 is 9.43. The van der Waals surface area contributed by atoms with Gasteiger partial charge < -0.3 is 9.88 Å². The second-order valence-electron chi connectivity index (χ2n) is 4.30. The molecule has 2 aromatic rings. The average Bonchev–Trinajstić information content (AvgIpc) is 2.58. The van der Waals surface area contributed by atoms with Gasteiger partial charge in [0.05, 0.1) is 5.69 Å². The van der Waals surface area contributed by atoms with Crippen molar-refractivity contribution in [1.82, 2.24) is 9.55 Å². The molecule has 0 saturated heterocycles. The van der Waals surface area contributed by atoms with E-state index in [1.165, 1.54) is 17.0 Å². The summed E-state index contributed by atoms with van der Waals surface area (Å²) in [5.41, 5.74) is 4.62. The van der Waals surface area contributed by atoms with Crippen LogP contribution >= 0.6 is 27.5 Å². The van der Waals surface area contributed by atoms with Gasteiger partial charge in [-0.3, -0.25) is 0 Å². The van der Waals surface area contributed by atoms with Crippen molar-refractivity contribution < 1.29 is 0 Å². The lowest BCUT2D eigenvalue weighted by Gasteiger charge is -2.08. The number of hydrogen-bond acceptors (Lipinski definition) is 2. The molecule has 3 nitrogen and oxygen atoms in total. The van der Waals surface area contributed by atoms with E-state index >= 15 is 0 Å². The van der Waals surface area contributed by atoms with Gasteiger partial charge in [0, 0.05) is 35.6 Å². The molecule has 0 amide bonds. The van der Waals surface area contributed by atoms with Gasteiger partial charge in [0.1, 0.15) is 0 Å². The van der Waals surface area contributed by atoms with Gasteiger partial charge in [-0.05, 0) is 47.5 Å². The Bertz CT molecular complexity index is 578. The summed E-state index contributed by atoms with van der Waals surface area (Å²) in [5.74, 6) is 0. The van der Waals surface area contributed by atoms with Crippen LogP contribution in [0.5, 0.6) is 0 Å². The van der Waals surface area contributed by atoms with Gasteiger partial charge in [0.2, 0.25) is 0 Å². The van der Waals surface area contributed by atoms with E-state index in [0.717, 1.165) is 16.7 Å². The maximum Gasteiger partial charge on any atom is 0.152 e. The fraction of sp³-hybridized carbons (Fsp3) is 0.308. The molecule has 0 saturated carbocycles. The zero-order valence-corrected chi connectivity index (χ0v) is 12.9. The van der Waals surface area contributed by atoms with Crippen molar-refractivity contribution in [3.63, 3.8) is 0 Å². The second kappa shape index (κ2) is 5.33. The van der Waals surface area contributed by atoms with Crippen molar-refractivity contribution in [2.45, 2.75) is 20.4 Å². The minimum atomic E-state index is 0.489. The fourth-order valence-corrected chi connectivity index (χ4v) is 2.35. The van der Waals surface area contributed by atoms with Gasteiger partial charge in [-0.25, -0.2) is 4.98 Å². The molecule has 2 heterocycles. The van der Waals surface area contributed by atoms with E-state index in [1.54, 1.807) is 6.20 Å². The summed E-state index contributed by atoms with van der Waals surface area (Å²) in [7, 11) is 2.07. The lowest BCUT2D eigenvalue weighted by Crippen LogP contribution is -2.02. The molecule has 0 bridgehead atoms. The maximum absolute atomic E-state index is 6.04. The number of aryl methyl sites for hydroxylation is 1. The molecule has 2 aromatic heterocycles. The summed E-state index contributed by atoms with van der Waals surface area (Å²) in [6, 6.07) is 4.11. The molecular weight excluding hydrogens is 314 g/mol. The maximum atomic E-state index is 6.04. The van der Waals surface area contributed by atoms with Crippen molar-refractivity contribution >= 4 is 33.2 Å². The quantitative estimate of drug-likeness (QED) is 0.861. The van der Waals surface area contributed by atoms with Crippen LogP contribution in [0.3, 0.4) is 0 Å². The van der Waals surface area contributed by atoms with E-state index in [4.69, 9.17) is 11.6 Å². The zero-order chi connectivity index (χ0) is 13.3. The van der Waals surface area contributed by atoms with Crippen LogP contribution in [-0.4, -0.2) is 9.55 Å². The second-order valence-corrected chi connectivity index (χ2v) is 5.57. The van der Waals surface area contributed by atoms with Crippen molar-refractivity contribution in [2.24, 2.45) is 7.05 Å². The normalized spacial score (nSPS) is 10.7. The highest BCUT2D eigenvalue weighted by molar-refractivity contribution is 9.10. The Morgan fingerprint density at radius 3 is 2.72 bits per heavy atom. The van der Waals surface area contributed by atoms with Crippen LogP contribution in [0, 0.1) is 13.8 Å². The van der Waals surface area contributed by atoms with Crippen LogP contribution in [0.1, 0.15) is 17.0 Å². The summed E-state index contributed by atoms with van der Waals surface area (Å²) in [4.78, 5) is 4.09. The van der Waals surface area contributed by atoms with Crippen LogP contribution in [0.25, 0.3) is 0 Å². The topological polar surface area (TPSA) is 29.9 Å². The van der Waals surface area contributed by atoms with Crippen LogP contribution in [-0.2, 0) is 13.6 Å². The predicted molar refractivity (Wildman–Crippen MR) is 79.2 cm³/mol. The first-order chi connectivity index (χ1) is 8.49. The molecular formula is C13H15BrClN3. The molecule has 0 aromatic carbocycles. The first-order valence-electron chi connectivity index (χ1n) is 5.65. The minimum absolute atomic E-state index is 0.489. The Kier molecular flexibility index (Phi) is 3.97. The van der Waals surface area contributed by atoms with Gasteiger partial charge in [0.25, 0.3) is 0 Å². The molecule has 0 aliphatic rings. The molecule has 0 unspecified atom stereocenters. The van der Waals surface area contributed by atoms with Gasteiger partial charge >= 0.3 is 0 Å². The molecule has 0 fully saturated rings. The Hall–Kier alpha value is -1.00. The molecule has 96 valence electrons. The van der Waals surface area contributed by atoms with Gasteiger partial charge in [-0.2, -0.15) is 0 Å². The van der Waals surface area contributed by atoms with Crippen LogP contribution < -0.4 is 5.32 Å². The monoisotopic (exact) mass is 327 g/mol. The molecule has 2 rings (SSSR count). The number of halogens is 2. The van der Waals surface area contributed by atoms with Crippen molar-refractivity contribution in [3.8, 4) is 0 Å². The highest BCUT2D eigenvalue weighted by atomic mass is 79.9. The molecule has 0 aliphatic heterocycles. The molecule has 18 heavy (non-hydrogen) atoms. The number of hydrogen-bond donors (Lipinski definition) is 1. The first kappa shape index (κ1) is 13.4. The third kappa shape index (κ3) is 2.70. The predicted octanol–water partition coefficient (Wildman–Crippen LogP) is 4.06. The number of anilines is 1. The first-order valence-corrected chi connectivity index (χ1v) is 6.83. The largest absolute Gasteiger partial charge is 0.378 e. The Labute approximate surface area is 120 Å². The van der Waals surface area contributed by atoms with Crippen molar-refractivity contribution in [2.75, 3.05) is 5.32 Å². The number of nitrogens with one attached hydrogen (secondary N) is 1. The molecule has 5 heteroatoms. The van der Waals surface area contributed by atoms with Gasteiger partial charge in [0.15, 0.2) is 5.15 Å². The highest BCUT2D eigenvalue weighted by Crippen LogP contribution is 2.24. The highest BCUT2D eigenvalue weighted by Gasteiger charge is 2.07. The molecule has 0 spiro atoms. The average molecular weight is 329 g/mol. The lowest BCUT2D eigenvalue weighted by atomic mass is 10.2.